The standard InChI is InChI=1S/C32H31ClF3N5O5S/c1-16(2)41-8-6-21(7-9-41)38-32-37-14-19-10-18(11-24(35)30(19)39-32)28-23(34)4-5-25(29(28)36)40-47(43,44)27-13-20(33)12-22-26(46-17(3)42)15-45-31(22)27/h4-5,10-14,16,21,26,40H,6-9,15H2,1-3H3,(H,37,38,39)/t26-/m0/s1. The molecule has 1 fully saturated rings. The molecule has 10 nitrogen and oxygen atoms in total. The van der Waals surface area contributed by atoms with E-state index in [9.17, 15) is 13.2 Å². The average Bonchev–Trinajstić information content (AvgIpc) is 3.40. The molecular weight excluding hydrogens is 659 g/mol. The van der Waals surface area contributed by atoms with Crippen molar-refractivity contribution >= 4 is 50.1 Å². The van der Waals surface area contributed by atoms with Crippen LogP contribution in [0.5, 0.6) is 5.75 Å². The van der Waals surface area contributed by atoms with Crippen molar-refractivity contribution in [3.05, 3.63) is 70.6 Å². The maximum Gasteiger partial charge on any atom is 0.303 e. The van der Waals surface area contributed by atoms with Gasteiger partial charge in [-0.25, -0.2) is 31.6 Å². The van der Waals surface area contributed by atoms with Gasteiger partial charge in [-0.2, -0.15) is 0 Å². The van der Waals surface area contributed by atoms with E-state index in [1.807, 2.05) is 0 Å². The molecule has 3 heterocycles. The summed E-state index contributed by atoms with van der Waals surface area (Å²) in [6.45, 7) is 7.17. The van der Waals surface area contributed by atoms with E-state index in [0.29, 0.717) is 6.04 Å². The molecule has 0 bridgehead atoms. The van der Waals surface area contributed by atoms with Crippen LogP contribution in [0.1, 0.15) is 45.3 Å². The van der Waals surface area contributed by atoms with Crippen molar-refractivity contribution < 1.29 is 35.9 Å². The number of hydrogen-bond acceptors (Lipinski definition) is 9. The van der Waals surface area contributed by atoms with E-state index >= 15 is 13.2 Å². The molecule has 0 amide bonds. The Morgan fingerprint density at radius 1 is 1.11 bits per heavy atom. The lowest BCUT2D eigenvalue weighted by Crippen LogP contribution is -2.42. The summed E-state index contributed by atoms with van der Waals surface area (Å²) in [5.41, 5.74) is -1.27. The number of carbonyl (C=O) groups is 1. The number of likely N-dealkylation sites (tertiary alicyclic amines) is 1. The molecule has 1 saturated heterocycles. The normalized spacial score (nSPS) is 17.1. The number of esters is 1. The molecule has 3 aromatic carbocycles. The number of halogens is 4. The Hall–Kier alpha value is -4.14. The zero-order valence-electron chi connectivity index (χ0n) is 25.6. The molecule has 15 heteroatoms. The van der Waals surface area contributed by atoms with Crippen LogP contribution < -0.4 is 14.8 Å². The summed E-state index contributed by atoms with van der Waals surface area (Å²) in [6.07, 6.45) is 2.22. The number of nitrogens with one attached hydrogen (secondary N) is 2. The van der Waals surface area contributed by atoms with Gasteiger partial charge in [-0.05, 0) is 68.7 Å². The number of carbonyl (C=O) groups excluding carboxylic acids is 1. The number of fused-ring (bicyclic) bond motifs is 2. The molecule has 1 aromatic heterocycles. The summed E-state index contributed by atoms with van der Waals surface area (Å²) in [5.74, 6) is -3.65. The van der Waals surface area contributed by atoms with Gasteiger partial charge in [0.05, 0.1) is 11.3 Å². The molecule has 0 radical (unpaired) electrons. The number of sulfonamides is 1. The van der Waals surface area contributed by atoms with E-state index in [1.165, 1.54) is 25.3 Å². The number of aromatic nitrogens is 2. The third-order valence-electron chi connectivity index (χ3n) is 8.23. The van der Waals surface area contributed by atoms with E-state index in [4.69, 9.17) is 21.1 Å². The van der Waals surface area contributed by atoms with E-state index in [2.05, 4.69) is 38.8 Å². The number of rotatable bonds is 8. The van der Waals surface area contributed by atoms with Crippen LogP contribution in [-0.4, -0.2) is 61.0 Å². The van der Waals surface area contributed by atoms with Gasteiger partial charge in [0, 0.05) is 54.3 Å². The number of piperidine rings is 1. The average molecular weight is 690 g/mol. The molecule has 2 aliphatic rings. The van der Waals surface area contributed by atoms with Gasteiger partial charge >= 0.3 is 5.97 Å². The van der Waals surface area contributed by atoms with Crippen LogP contribution >= 0.6 is 11.6 Å². The highest BCUT2D eigenvalue weighted by atomic mass is 35.5. The first-order valence-corrected chi connectivity index (χ1v) is 16.8. The summed E-state index contributed by atoms with van der Waals surface area (Å²) in [7, 11) is -4.58. The van der Waals surface area contributed by atoms with E-state index < -0.39 is 55.7 Å². The van der Waals surface area contributed by atoms with Crippen LogP contribution in [0, 0.1) is 17.5 Å². The Morgan fingerprint density at radius 3 is 2.55 bits per heavy atom. The predicted octanol–water partition coefficient (Wildman–Crippen LogP) is 6.45. The summed E-state index contributed by atoms with van der Waals surface area (Å²) in [4.78, 5) is 22.0. The van der Waals surface area contributed by atoms with Crippen LogP contribution in [0.3, 0.4) is 0 Å². The first-order chi connectivity index (χ1) is 22.3. The third-order valence-corrected chi connectivity index (χ3v) is 9.81. The summed E-state index contributed by atoms with van der Waals surface area (Å²) in [5, 5.41) is 3.45. The fraction of sp³-hybridized carbons (Fsp3) is 0.344. The lowest BCUT2D eigenvalue weighted by Gasteiger charge is -2.34. The first kappa shape index (κ1) is 32.8. The quantitative estimate of drug-likeness (QED) is 0.201. The zero-order valence-corrected chi connectivity index (χ0v) is 27.2. The second-order valence-corrected chi connectivity index (χ2v) is 13.8. The van der Waals surface area contributed by atoms with Crippen molar-refractivity contribution in [1.29, 1.82) is 0 Å². The predicted molar refractivity (Wildman–Crippen MR) is 170 cm³/mol. The van der Waals surface area contributed by atoms with Crippen molar-refractivity contribution in [2.75, 3.05) is 29.7 Å². The highest BCUT2D eigenvalue weighted by Crippen LogP contribution is 2.43. The second kappa shape index (κ2) is 12.8. The second-order valence-electron chi connectivity index (χ2n) is 11.8. The number of nitrogens with zero attached hydrogens (tertiary/aromatic N) is 3. The Balaban J connectivity index is 1.28. The van der Waals surface area contributed by atoms with Crippen molar-refractivity contribution in [1.82, 2.24) is 14.9 Å². The molecule has 1 atom stereocenters. The van der Waals surface area contributed by atoms with E-state index in [1.54, 1.807) is 0 Å². The summed E-state index contributed by atoms with van der Waals surface area (Å²) in [6, 6.07) is 7.11. The Kier molecular flexibility index (Phi) is 8.94. The molecule has 248 valence electrons. The maximum atomic E-state index is 15.9. The number of benzene rings is 3. The molecule has 47 heavy (non-hydrogen) atoms. The van der Waals surface area contributed by atoms with Gasteiger partial charge < -0.3 is 19.7 Å². The lowest BCUT2D eigenvalue weighted by molar-refractivity contribution is -0.147. The van der Waals surface area contributed by atoms with Gasteiger partial charge in [0.1, 0.15) is 34.4 Å². The van der Waals surface area contributed by atoms with Crippen LogP contribution in [0.2, 0.25) is 5.02 Å². The molecule has 0 aliphatic carbocycles. The highest BCUT2D eigenvalue weighted by Gasteiger charge is 2.34. The lowest BCUT2D eigenvalue weighted by atomic mass is 10.0. The first-order valence-electron chi connectivity index (χ1n) is 14.9. The Bertz CT molecular complexity index is 1990. The highest BCUT2D eigenvalue weighted by molar-refractivity contribution is 7.92. The number of hydrogen-bond donors (Lipinski definition) is 2. The minimum atomic E-state index is -4.58. The van der Waals surface area contributed by atoms with Crippen LogP contribution in [-0.2, 0) is 19.6 Å². The van der Waals surface area contributed by atoms with Gasteiger partial charge in [0.25, 0.3) is 10.0 Å². The molecule has 2 N–H and O–H groups in total. The van der Waals surface area contributed by atoms with Gasteiger partial charge in [-0.15, -0.1) is 0 Å². The zero-order chi connectivity index (χ0) is 33.6. The van der Waals surface area contributed by atoms with Gasteiger partial charge in [-0.1, -0.05) is 11.6 Å². The SMILES string of the molecule is CC(=O)O[C@H]1COc2c1cc(Cl)cc2S(=O)(=O)Nc1ccc(F)c(-c2cc(F)c3nc(NC4CCN(C(C)C)CC4)ncc3c2)c1F. The minimum Gasteiger partial charge on any atom is -0.487 e. The van der Waals surface area contributed by atoms with E-state index in [-0.39, 0.29) is 51.4 Å². The topological polar surface area (TPSA) is 123 Å². The maximum absolute atomic E-state index is 15.9. The molecule has 4 aromatic rings. The Morgan fingerprint density at radius 2 is 1.85 bits per heavy atom. The van der Waals surface area contributed by atoms with E-state index in [0.717, 1.165) is 50.2 Å². The van der Waals surface area contributed by atoms with Crippen molar-refractivity contribution in [2.45, 2.75) is 56.7 Å². The van der Waals surface area contributed by atoms with Crippen molar-refractivity contribution in [3.8, 4) is 16.9 Å². The van der Waals surface area contributed by atoms with Crippen LogP contribution in [0.4, 0.5) is 24.8 Å². The number of ether oxygens (including phenoxy) is 2. The van der Waals surface area contributed by atoms with Gasteiger partial charge in [0.15, 0.2) is 11.9 Å². The minimum absolute atomic E-state index is 0.00391. The smallest absolute Gasteiger partial charge is 0.303 e. The number of anilines is 2. The molecule has 0 unspecified atom stereocenters. The third kappa shape index (κ3) is 6.67. The molecule has 0 spiro atoms. The summed E-state index contributed by atoms with van der Waals surface area (Å²) >= 11 is 6.17. The van der Waals surface area contributed by atoms with Gasteiger partial charge in [-0.3, -0.25) is 9.52 Å². The Labute approximate surface area is 274 Å². The van der Waals surface area contributed by atoms with Crippen LogP contribution in [0.15, 0.2) is 47.5 Å². The van der Waals surface area contributed by atoms with Crippen molar-refractivity contribution in [2.24, 2.45) is 0 Å². The molecule has 0 saturated carbocycles. The van der Waals surface area contributed by atoms with Gasteiger partial charge in [0.2, 0.25) is 5.95 Å². The molecular formula is C32H31ClF3N5O5S. The van der Waals surface area contributed by atoms with Crippen LogP contribution in [0.25, 0.3) is 22.0 Å². The fourth-order valence-electron chi connectivity index (χ4n) is 5.88. The van der Waals surface area contributed by atoms with Crippen molar-refractivity contribution in [3.63, 3.8) is 0 Å². The summed E-state index contributed by atoms with van der Waals surface area (Å²) < 4.78 is 86.2. The fourth-order valence-corrected chi connectivity index (χ4v) is 7.43. The monoisotopic (exact) mass is 689 g/mol. The molecule has 6 rings (SSSR count). The largest absolute Gasteiger partial charge is 0.487 e. The molecule has 2 aliphatic heterocycles.